The average Bonchev–Trinajstić information content (AvgIpc) is 3.31. The summed E-state index contributed by atoms with van der Waals surface area (Å²) in [5.41, 5.74) is 14.2. The lowest BCUT2D eigenvalue weighted by atomic mass is 9.99. The van der Waals surface area contributed by atoms with E-state index < -0.39 is 5.91 Å². The minimum Gasteiger partial charge on any atom is -0.397 e. The number of hydrogen-bond donors (Lipinski definition) is 3. The summed E-state index contributed by atoms with van der Waals surface area (Å²) in [5, 5.41) is 17.1. The van der Waals surface area contributed by atoms with Crippen molar-refractivity contribution in [2.24, 2.45) is 0 Å². The SMILES string of the molecule is N#Cc1c(N)nc2sc(C(=O)Nc3ccc(Cl)cn3)c(N)c2c1-c1ccsc1. The van der Waals surface area contributed by atoms with E-state index >= 15 is 0 Å². The molecule has 0 unspecified atom stereocenters. The number of carbonyl (C=O) groups is 1. The number of amides is 1. The third kappa shape index (κ3) is 3.03. The standard InChI is InChI=1S/C18H11ClN6OS2/c19-9-1-2-11(23-6-9)24-17(26)15-14(21)13-12(8-3-4-27-7-8)10(5-20)16(22)25-18(13)28-15/h1-4,6-7H,21H2,(H2,22,25)(H,23,24,26). The van der Waals surface area contributed by atoms with Gasteiger partial charge in [-0.3, -0.25) is 4.79 Å². The van der Waals surface area contributed by atoms with E-state index in [-0.39, 0.29) is 21.9 Å². The zero-order valence-corrected chi connectivity index (χ0v) is 16.5. The average molecular weight is 427 g/mol. The third-order valence-corrected chi connectivity index (χ3v) is 6.01. The van der Waals surface area contributed by atoms with E-state index in [0.717, 1.165) is 16.9 Å². The molecule has 0 bridgehead atoms. The highest BCUT2D eigenvalue weighted by Crippen LogP contribution is 2.43. The highest BCUT2D eigenvalue weighted by atomic mass is 35.5. The van der Waals surface area contributed by atoms with Gasteiger partial charge in [-0.25, -0.2) is 9.97 Å². The van der Waals surface area contributed by atoms with E-state index in [1.165, 1.54) is 17.5 Å². The number of aromatic nitrogens is 2. The van der Waals surface area contributed by atoms with Crippen molar-refractivity contribution in [2.75, 3.05) is 16.8 Å². The number of thiophene rings is 2. The van der Waals surface area contributed by atoms with Crippen LogP contribution in [0.25, 0.3) is 21.3 Å². The summed E-state index contributed by atoms with van der Waals surface area (Å²) >= 11 is 8.41. The summed E-state index contributed by atoms with van der Waals surface area (Å²) in [6.45, 7) is 0. The van der Waals surface area contributed by atoms with Crippen molar-refractivity contribution >= 4 is 67.7 Å². The normalized spacial score (nSPS) is 10.7. The molecule has 0 aromatic carbocycles. The van der Waals surface area contributed by atoms with Crippen molar-refractivity contribution < 1.29 is 4.79 Å². The van der Waals surface area contributed by atoms with Gasteiger partial charge in [-0.2, -0.15) is 16.6 Å². The maximum Gasteiger partial charge on any atom is 0.269 e. The lowest BCUT2D eigenvalue weighted by Gasteiger charge is -2.07. The minimum atomic E-state index is -0.427. The van der Waals surface area contributed by atoms with Gasteiger partial charge in [0.2, 0.25) is 0 Å². The van der Waals surface area contributed by atoms with Crippen LogP contribution in [0.5, 0.6) is 0 Å². The topological polar surface area (TPSA) is 131 Å². The lowest BCUT2D eigenvalue weighted by molar-refractivity contribution is 0.103. The highest BCUT2D eigenvalue weighted by molar-refractivity contribution is 7.21. The first-order chi connectivity index (χ1) is 13.5. The van der Waals surface area contributed by atoms with Crippen LogP contribution in [0.4, 0.5) is 17.3 Å². The second-order valence-electron chi connectivity index (χ2n) is 5.71. The quantitative estimate of drug-likeness (QED) is 0.446. The number of nitrogen functional groups attached to an aromatic ring is 2. The predicted molar refractivity (Wildman–Crippen MR) is 114 cm³/mol. The third-order valence-electron chi connectivity index (χ3n) is 4.00. The highest BCUT2D eigenvalue weighted by Gasteiger charge is 2.24. The number of nitrogens with zero attached hydrogens (tertiary/aromatic N) is 3. The molecule has 28 heavy (non-hydrogen) atoms. The molecule has 1 amide bonds. The van der Waals surface area contributed by atoms with Crippen LogP contribution >= 0.6 is 34.3 Å². The van der Waals surface area contributed by atoms with E-state index in [1.54, 1.807) is 12.1 Å². The number of fused-ring (bicyclic) bond motifs is 1. The van der Waals surface area contributed by atoms with Crippen LogP contribution in [0.1, 0.15) is 15.2 Å². The van der Waals surface area contributed by atoms with Crippen LogP contribution in [0.15, 0.2) is 35.2 Å². The fourth-order valence-corrected chi connectivity index (χ4v) is 4.54. The Bertz CT molecular complexity index is 1240. The van der Waals surface area contributed by atoms with Crippen molar-refractivity contribution in [3.8, 4) is 17.2 Å². The molecule has 0 saturated carbocycles. The van der Waals surface area contributed by atoms with Gasteiger partial charge in [0.25, 0.3) is 5.91 Å². The molecule has 4 aromatic heterocycles. The van der Waals surface area contributed by atoms with E-state index in [9.17, 15) is 10.1 Å². The zero-order chi connectivity index (χ0) is 19.8. The number of nitrogens with two attached hydrogens (primary N) is 2. The Morgan fingerprint density at radius 1 is 1.29 bits per heavy atom. The summed E-state index contributed by atoms with van der Waals surface area (Å²) in [7, 11) is 0. The lowest BCUT2D eigenvalue weighted by Crippen LogP contribution is -2.12. The number of anilines is 3. The fourth-order valence-electron chi connectivity index (χ4n) is 2.77. The summed E-state index contributed by atoms with van der Waals surface area (Å²) in [5.74, 6) is 0.0157. The molecule has 5 N–H and O–H groups in total. The number of halogens is 1. The maximum atomic E-state index is 12.8. The van der Waals surface area contributed by atoms with Gasteiger partial charge in [0.1, 0.15) is 33.0 Å². The van der Waals surface area contributed by atoms with Crippen molar-refractivity contribution in [3.63, 3.8) is 0 Å². The number of carbonyl (C=O) groups excluding carboxylic acids is 1. The summed E-state index contributed by atoms with van der Waals surface area (Å²) in [6.07, 6.45) is 1.43. The zero-order valence-electron chi connectivity index (χ0n) is 14.1. The van der Waals surface area contributed by atoms with Crippen LogP contribution in [0.2, 0.25) is 5.02 Å². The first kappa shape index (κ1) is 18.2. The number of hydrogen-bond acceptors (Lipinski definition) is 8. The Kier molecular flexibility index (Phi) is 4.60. The Morgan fingerprint density at radius 2 is 2.11 bits per heavy atom. The number of pyridine rings is 2. The van der Waals surface area contributed by atoms with Crippen molar-refractivity contribution in [3.05, 3.63) is 50.6 Å². The molecule has 10 heteroatoms. The van der Waals surface area contributed by atoms with Crippen LogP contribution in [0.3, 0.4) is 0 Å². The second kappa shape index (κ2) is 7.09. The Balaban J connectivity index is 1.87. The maximum absolute atomic E-state index is 12.8. The Hall–Kier alpha value is -3.19. The molecular weight excluding hydrogens is 416 g/mol. The van der Waals surface area contributed by atoms with Crippen LogP contribution in [0, 0.1) is 11.3 Å². The molecule has 0 fully saturated rings. The summed E-state index contributed by atoms with van der Waals surface area (Å²) in [4.78, 5) is 21.8. The van der Waals surface area contributed by atoms with Crippen LogP contribution < -0.4 is 16.8 Å². The first-order valence-corrected chi connectivity index (χ1v) is 10.0. The number of nitriles is 1. The minimum absolute atomic E-state index is 0.101. The molecule has 0 atom stereocenters. The van der Waals surface area contributed by atoms with Crippen molar-refractivity contribution in [2.45, 2.75) is 0 Å². The van der Waals surface area contributed by atoms with Crippen LogP contribution in [-0.2, 0) is 0 Å². The van der Waals surface area contributed by atoms with Crippen molar-refractivity contribution in [1.82, 2.24) is 9.97 Å². The van der Waals surface area contributed by atoms with Gasteiger partial charge >= 0.3 is 0 Å². The molecule has 0 spiro atoms. The fraction of sp³-hybridized carbons (Fsp3) is 0. The monoisotopic (exact) mass is 426 g/mol. The van der Waals surface area contributed by atoms with E-state index in [2.05, 4.69) is 21.4 Å². The molecule has 0 aliphatic rings. The molecule has 0 aliphatic carbocycles. The van der Waals surface area contributed by atoms with Gasteiger partial charge in [0, 0.05) is 17.1 Å². The molecule has 4 rings (SSSR count). The predicted octanol–water partition coefficient (Wildman–Crippen LogP) is 4.36. The molecule has 0 aliphatic heterocycles. The van der Waals surface area contributed by atoms with Gasteiger partial charge < -0.3 is 16.8 Å². The molecule has 7 nitrogen and oxygen atoms in total. The van der Waals surface area contributed by atoms with Gasteiger partial charge in [0.15, 0.2) is 0 Å². The first-order valence-electron chi connectivity index (χ1n) is 7.86. The van der Waals surface area contributed by atoms with E-state index in [1.807, 2.05) is 16.8 Å². The van der Waals surface area contributed by atoms with Crippen LogP contribution in [-0.4, -0.2) is 15.9 Å². The van der Waals surface area contributed by atoms with Gasteiger partial charge in [-0.1, -0.05) is 11.6 Å². The molecule has 4 heterocycles. The van der Waals surface area contributed by atoms with Gasteiger partial charge in [0.05, 0.1) is 10.7 Å². The second-order valence-corrected chi connectivity index (χ2v) is 7.93. The molecule has 0 saturated heterocycles. The molecule has 138 valence electrons. The smallest absolute Gasteiger partial charge is 0.269 e. The molecule has 0 radical (unpaired) electrons. The van der Waals surface area contributed by atoms with E-state index in [0.29, 0.717) is 26.6 Å². The molecule has 4 aromatic rings. The summed E-state index contributed by atoms with van der Waals surface area (Å²) in [6, 6.07) is 7.17. The molecular formula is C18H11ClN6OS2. The van der Waals surface area contributed by atoms with Gasteiger partial charge in [-0.15, -0.1) is 11.3 Å². The van der Waals surface area contributed by atoms with Gasteiger partial charge in [-0.05, 0) is 34.5 Å². The Labute approximate surface area is 172 Å². The Morgan fingerprint density at radius 3 is 2.75 bits per heavy atom. The largest absolute Gasteiger partial charge is 0.397 e. The van der Waals surface area contributed by atoms with E-state index in [4.69, 9.17) is 23.1 Å². The van der Waals surface area contributed by atoms with Crippen molar-refractivity contribution in [1.29, 1.82) is 5.26 Å². The number of rotatable bonds is 3. The summed E-state index contributed by atoms with van der Waals surface area (Å²) < 4.78 is 0. The number of nitrogens with one attached hydrogen (secondary N) is 1.